The summed E-state index contributed by atoms with van der Waals surface area (Å²) in [7, 11) is 1.82. The summed E-state index contributed by atoms with van der Waals surface area (Å²) in [5, 5.41) is 10.4. The molecule has 148 valence electrons. The zero-order chi connectivity index (χ0) is 19.0. The van der Waals surface area contributed by atoms with Gasteiger partial charge in [-0.1, -0.05) is 0 Å². The molecule has 0 spiro atoms. The predicted molar refractivity (Wildman–Crippen MR) is 111 cm³/mol. The van der Waals surface area contributed by atoms with Crippen LogP contribution in [0.15, 0.2) is 17.1 Å². The maximum Gasteiger partial charge on any atom is 0.191 e. The molecule has 1 saturated heterocycles. The number of guanidine groups is 1. The number of morpholine rings is 1. The Morgan fingerprint density at radius 3 is 2.54 bits per heavy atom. The topological polar surface area (TPSA) is 60.9 Å². The van der Waals surface area contributed by atoms with Gasteiger partial charge in [0.1, 0.15) is 0 Å². The van der Waals surface area contributed by atoms with Gasteiger partial charge in [0.25, 0.3) is 0 Å². The van der Waals surface area contributed by atoms with Crippen LogP contribution in [0, 0.1) is 6.92 Å². The molecule has 1 aromatic rings. The Morgan fingerprint density at radius 2 is 1.96 bits per heavy atom. The molecular formula is C19H35N5OS. The van der Waals surface area contributed by atoms with Gasteiger partial charge in [-0.15, -0.1) is 11.3 Å². The molecule has 0 aromatic carbocycles. The zero-order valence-electron chi connectivity index (χ0n) is 16.9. The van der Waals surface area contributed by atoms with E-state index in [1.165, 1.54) is 9.75 Å². The van der Waals surface area contributed by atoms with Gasteiger partial charge in [-0.05, 0) is 39.8 Å². The second-order valence-corrected chi connectivity index (χ2v) is 8.99. The van der Waals surface area contributed by atoms with Crippen molar-refractivity contribution < 1.29 is 4.74 Å². The lowest BCUT2D eigenvalue weighted by Gasteiger charge is -2.34. The molecule has 0 saturated carbocycles. The second-order valence-electron chi connectivity index (χ2n) is 7.67. The maximum atomic E-state index is 5.53. The van der Waals surface area contributed by atoms with Gasteiger partial charge in [-0.3, -0.25) is 9.89 Å². The molecule has 0 amide bonds. The number of nitrogens with one attached hydrogen (secondary N) is 3. The van der Waals surface area contributed by atoms with Gasteiger partial charge in [0.15, 0.2) is 5.96 Å². The smallest absolute Gasteiger partial charge is 0.191 e. The van der Waals surface area contributed by atoms with E-state index in [-0.39, 0.29) is 5.54 Å². The van der Waals surface area contributed by atoms with Crippen LogP contribution < -0.4 is 16.0 Å². The minimum absolute atomic E-state index is 0.136. The Morgan fingerprint density at radius 1 is 1.23 bits per heavy atom. The van der Waals surface area contributed by atoms with Crippen molar-refractivity contribution in [3.63, 3.8) is 0 Å². The number of hydrogen-bond acceptors (Lipinski definition) is 5. The number of hydrogen-bond donors (Lipinski definition) is 3. The number of rotatable bonds is 7. The van der Waals surface area contributed by atoms with Crippen molar-refractivity contribution in [2.45, 2.75) is 39.3 Å². The van der Waals surface area contributed by atoms with E-state index < -0.39 is 0 Å². The Kier molecular flexibility index (Phi) is 8.34. The molecule has 1 aliphatic rings. The van der Waals surface area contributed by atoms with E-state index >= 15 is 0 Å². The zero-order valence-corrected chi connectivity index (χ0v) is 17.7. The minimum Gasteiger partial charge on any atom is -0.379 e. The third kappa shape index (κ3) is 7.23. The Labute approximate surface area is 162 Å². The molecule has 1 fully saturated rings. The summed E-state index contributed by atoms with van der Waals surface area (Å²) in [6, 6.07) is 4.81. The van der Waals surface area contributed by atoms with Crippen LogP contribution in [0.2, 0.25) is 0 Å². The summed E-state index contributed by atoms with van der Waals surface area (Å²) in [6.45, 7) is 14.9. The van der Waals surface area contributed by atoms with Crippen molar-refractivity contribution in [1.82, 2.24) is 20.9 Å². The van der Waals surface area contributed by atoms with E-state index in [2.05, 4.69) is 65.7 Å². The van der Waals surface area contributed by atoms with Crippen molar-refractivity contribution in [3.05, 3.63) is 21.9 Å². The fraction of sp³-hybridized carbons (Fsp3) is 0.737. The third-order valence-corrected chi connectivity index (χ3v) is 5.44. The molecular weight excluding hydrogens is 346 g/mol. The van der Waals surface area contributed by atoms with Crippen LogP contribution in [0.1, 0.15) is 36.6 Å². The van der Waals surface area contributed by atoms with Crippen molar-refractivity contribution in [2.75, 3.05) is 53.0 Å². The Balaban J connectivity index is 1.88. The average Bonchev–Trinajstić information content (AvgIpc) is 3.03. The monoisotopic (exact) mass is 381 g/mol. The molecule has 0 aliphatic carbocycles. The Hall–Kier alpha value is -1.15. The molecule has 6 nitrogen and oxygen atoms in total. The summed E-state index contributed by atoms with van der Waals surface area (Å²) < 4.78 is 5.53. The lowest BCUT2D eigenvalue weighted by molar-refractivity contribution is 0.0177. The summed E-state index contributed by atoms with van der Waals surface area (Å²) in [4.78, 5) is 9.63. The first-order valence-electron chi connectivity index (χ1n) is 9.47. The van der Waals surface area contributed by atoms with Crippen LogP contribution in [0.3, 0.4) is 0 Å². The van der Waals surface area contributed by atoms with E-state index in [9.17, 15) is 0 Å². The van der Waals surface area contributed by atoms with Crippen molar-refractivity contribution in [3.8, 4) is 0 Å². The van der Waals surface area contributed by atoms with Crippen LogP contribution in [0.5, 0.6) is 0 Å². The van der Waals surface area contributed by atoms with Crippen LogP contribution in [-0.4, -0.2) is 69.4 Å². The second kappa shape index (κ2) is 10.3. The van der Waals surface area contributed by atoms with Crippen molar-refractivity contribution in [1.29, 1.82) is 0 Å². The SMILES string of the molecule is CN=C(NCCNC(C)(C)C)NCC(c1ccc(C)s1)N1CCOCC1. The summed E-state index contributed by atoms with van der Waals surface area (Å²) in [5.74, 6) is 0.854. The van der Waals surface area contributed by atoms with Crippen molar-refractivity contribution >= 4 is 17.3 Å². The van der Waals surface area contributed by atoms with Crippen LogP contribution >= 0.6 is 11.3 Å². The number of ether oxygens (including phenoxy) is 1. The molecule has 26 heavy (non-hydrogen) atoms. The molecule has 2 rings (SSSR count). The van der Waals surface area contributed by atoms with Gasteiger partial charge < -0.3 is 20.7 Å². The molecule has 3 N–H and O–H groups in total. The quantitative estimate of drug-likeness (QED) is 0.383. The molecule has 0 radical (unpaired) electrons. The van der Waals surface area contributed by atoms with Gasteiger partial charge in [-0.25, -0.2) is 0 Å². The average molecular weight is 382 g/mol. The van der Waals surface area contributed by atoms with Gasteiger partial charge in [0, 0.05) is 55.1 Å². The van der Waals surface area contributed by atoms with Gasteiger partial charge in [-0.2, -0.15) is 0 Å². The van der Waals surface area contributed by atoms with Crippen LogP contribution in [0.4, 0.5) is 0 Å². The van der Waals surface area contributed by atoms with Gasteiger partial charge >= 0.3 is 0 Å². The van der Waals surface area contributed by atoms with Gasteiger partial charge in [0.2, 0.25) is 0 Å². The summed E-state index contributed by atoms with van der Waals surface area (Å²) in [6.07, 6.45) is 0. The lowest BCUT2D eigenvalue weighted by atomic mass is 10.1. The highest BCUT2D eigenvalue weighted by Gasteiger charge is 2.24. The molecule has 0 bridgehead atoms. The summed E-state index contributed by atoms with van der Waals surface area (Å²) >= 11 is 1.88. The maximum absolute atomic E-state index is 5.53. The summed E-state index contributed by atoms with van der Waals surface area (Å²) in [5.41, 5.74) is 0.136. The highest BCUT2D eigenvalue weighted by atomic mass is 32.1. The lowest BCUT2D eigenvalue weighted by Crippen LogP contribution is -2.48. The van der Waals surface area contributed by atoms with Crippen LogP contribution in [-0.2, 0) is 4.74 Å². The number of nitrogens with zero attached hydrogens (tertiary/aromatic N) is 2. The number of aryl methyl sites for hydroxylation is 1. The first-order valence-corrected chi connectivity index (χ1v) is 10.3. The van der Waals surface area contributed by atoms with E-state index in [0.717, 1.165) is 51.9 Å². The number of thiophene rings is 1. The van der Waals surface area contributed by atoms with E-state index in [1.54, 1.807) is 0 Å². The van der Waals surface area contributed by atoms with Gasteiger partial charge in [0.05, 0.1) is 19.3 Å². The highest BCUT2D eigenvalue weighted by Crippen LogP contribution is 2.27. The normalized spacial score (nSPS) is 18.0. The van der Waals surface area contributed by atoms with E-state index in [1.807, 2.05) is 18.4 Å². The molecule has 1 unspecified atom stereocenters. The Bertz CT molecular complexity index is 561. The third-order valence-electron chi connectivity index (χ3n) is 4.34. The first-order chi connectivity index (χ1) is 12.4. The number of aliphatic imine (C=N–C) groups is 1. The van der Waals surface area contributed by atoms with E-state index in [0.29, 0.717) is 6.04 Å². The molecule has 2 heterocycles. The minimum atomic E-state index is 0.136. The largest absolute Gasteiger partial charge is 0.379 e. The first kappa shape index (κ1) is 21.2. The molecule has 7 heteroatoms. The predicted octanol–water partition coefficient (Wildman–Crippen LogP) is 1.98. The van der Waals surface area contributed by atoms with Crippen molar-refractivity contribution in [2.24, 2.45) is 4.99 Å². The van der Waals surface area contributed by atoms with Crippen LogP contribution in [0.25, 0.3) is 0 Å². The molecule has 1 aromatic heterocycles. The van der Waals surface area contributed by atoms with E-state index in [4.69, 9.17) is 4.74 Å². The standard InChI is InChI=1S/C19H35N5OS/c1-15-6-7-17(26-15)16(24-10-12-25-13-11-24)14-22-18(20-5)21-8-9-23-19(2,3)4/h6-7,16,23H,8-14H2,1-5H3,(H2,20,21,22). The molecule has 1 atom stereocenters. The molecule has 1 aliphatic heterocycles. The fourth-order valence-corrected chi connectivity index (χ4v) is 3.98. The highest BCUT2D eigenvalue weighted by molar-refractivity contribution is 7.12. The fourth-order valence-electron chi connectivity index (χ4n) is 2.96.